The van der Waals surface area contributed by atoms with Crippen LogP contribution < -0.4 is 15.8 Å². The highest BCUT2D eigenvalue weighted by molar-refractivity contribution is 14.0. The monoisotopic (exact) mass is 395 g/mol. The zero-order valence-corrected chi connectivity index (χ0v) is 14.3. The van der Waals surface area contributed by atoms with Gasteiger partial charge in [-0.3, -0.25) is 0 Å². The molecule has 6 heteroatoms. The van der Waals surface area contributed by atoms with Gasteiger partial charge in [0.05, 0.1) is 18.2 Å². The zero-order valence-electron chi connectivity index (χ0n) is 11.2. The molecule has 0 radical (unpaired) electrons. The predicted molar refractivity (Wildman–Crippen MR) is 90.9 cm³/mol. The number of hydrogen-bond acceptors (Lipinski definition) is 2. The van der Waals surface area contributed by atoms with Crippen LogP contribution in [0.15, 0.2) is 23.2 Å². The van der Waals surface area contributed by atoms with E-state index in [9.17, 15) is 0 Å². The van der Waals surface area contributed by atoms with E-state index in [2.05, 4.69) is 24.2 Å². The second-order valence-electron chi connectivity index (χ2n) is 5.20. The highest BCUT2D eigenvalue weighted by Gasteiger charge is 2.45. The fourth-order valence-electron chi connectivity index (χ4n) is 1.75. The van der Waals surface area contributed by atoms with Crippen molar-refractivity contribution in [3.8, 4) is 5.75 Å². The summed E-state index contributed by atoms with van der Waals surface area (Å²) in [5.41, 5.74) is 6.94. The van der Waals surface area contributed by atoms with Crippen molar-refractivity contribution in [1.29, 1.82) is 0 Å². The standard InChI is InChI=1S/C13H18ClN3O.HI/c1-13(2)7-11(13)17-12(15)16-8-4-5-10(18-3)9(14)6-8;/h4-6,11H,7H2,1-3H3,(H3,15,16,17);1H. The van der Waals surface area contributed by atoms with Gasteiger partial charge in [-0.25, -0.2) is 4.99 Å². The highest BCUT2D eigenvalue weighted by Crippen LogP contribution is 2.47. The number of ether oxygens (including phenoxy) is 1. The largest absolute Gasteiger partial charge is 0.495 e. The topological polar surface area (TPSA) is 59.6 Å². The molecule has 4 nitrogen and oxygen atoms in total. The first-order valence-corrected chi connectivity index (χ1v) is 6.24. The second-order valence-corrected chi connectivity index (χ2v) is 5.60. The van der Waals surface area contributed by atoms with Crippen LogP contribution in [0.25, 0.3) is 0 Å². The molecule has 106 valence electrons. The number of benzene rings is 1. The fourth-order valence-corrected chi connectivity index (χ4v) is 2.01. The quantitative estimate of drug-likeness (QED) is 0.468. The second kappa shape index (κ2) is 6.17. The molecule has 1 aromatic carbocycles. The number of nitrogens with zero attached hydrogens (tertiary/aromatic N) is 1. The van der Waals surface area contributed by atoms with Crippen LogP contribution in [0.4, 0.5) is 5.69 Å². The lowest BCUT2D eigenvalue weighted by Gasteiger charge is -2.08. The summed E-state index contributed by atoms with van der Waals surface area (Å²) in [6.45, 7) is 4.36. The Hall–Kier alpha value is -0.690. The van der Waals surface area contributed by atoms with Crippen LogP contribution in [0.5, 0.6) is 5.75 Å². The lowest BCUT2D eigenvalue weighted by Crippen LogP contribution is -2.23. The predicted octanol–water partition coefficient (Wildman–Crippen LogP) is 3.49. The maximum absolute atomic E-state index is 6.03. The van der Waals surface area contributed by atoms with E-state index in [0.717, 1.165) is 12.1 Å². The molecule has 0 aliphatic heterocycles. The molecule has 0 aromatic heterocycles. The van der Waals surface area contributed by atoms with Gasteiger partial charge < -0.3 is 15.8 Å². The van der Waals surface area contributed by atoms with E-state index >= 15 is 0 Å². The molecule has 0 amide bonds. The molecule has 1 aromatic rings. The van der Waals surface area contributed by atoms with E-state index in [1.807, 2.05) is 6.07 Å². The Bertz CT molecular complexity index is 491. The molecule has 0 bridgehead atoms. The molecular formula is C13H19ClIN3O. The number of anilines is 1. The number of nitrogens with one attached hydrogen (secondary N) is 1. The number of halogens is 2. The number of aliphatic imine (C=N–C) groups is 1. The van der Waals surface area contributed by atoms with Crippen LogP contribution in [-0.2, 0) is 0 Å². The van der Waals surface area contributed by atoms with Crippen molar-refractivity contribution in [2.75, 3.05) is 12.4 Å². The molecule has 1 unspecified atom stereocenters. The molecule has 0 spiro atoms. The number of rotatable bonds is 3. The fraction of sp³-hybridized carbons (Fsp3) is 0.462. The van der Waals surface area contributed by atoms with Crippen LogP contribution >= 0.6 is 35.6 Å². The Balaban J connectivity index is 0.00000180. The number of guanidine groups is 1. The molecule has 1 aliphatic rings. The molecule has 1 aliphatic carbocycles. The molecule has 0 saturated heterocycles. The molecule has 3 N–H and O–H groups in total. The van der Waals surface area contributed by atoms with Gasteiger partial charge in [-0.15, -0.1) is 24.0 Å². The minimum atomic E-state index is 0. The first-order valence-electron chi connectivity index (χ1n) is 5.86. The van der Waals surface area contributed by atoms with Gasteiger partial charge in [0.15, 0.2) is 5.96 Å². The van der Waals surface area contributed by atoms with Crippen LogP contribution in [0.1, 0.15) is 20.3 Å². The lowest BCUT2D eigenvalue weighted by molar-refractivity contribution is 0.415. The van der Waals surface area contributed by atoms with E-state index < -0.39 is 0 Å². The Morgan fingerprint density at radius 1 is 1.53 bits per heavy atom. The van der Waals surface area contributed by atoms with Crippen molar-refractivity contribution in [3.63, 3.8) is 0 Å². The van der Waals surface area contributed by atoms with Crippen LogP contribution in [0.3, 0.4) is 0 Å². The third-order valence-corrected chi connectivity index (χ3v) is 3.48. The van der Waals surface area contributed by atoms with Gasteiger partial charge in [0.2, 0.25) is 0 Å². The number of methoxy groups -OCH3 is 1. The van der Waals surface area contributed by atoms with E-state index in [0.29, 0.717) is 22.8 Å². The number of hydrogen-bond donors (Lipinski definition) is 2. The van der Waals surface area contributed by atoms with E-state index in [1.165, 1.54) is 0 Å². The Labute approximate surface area is 135 Å². The molecule has 0 heterocycles. The minimum absolute atomic E-state index is 0. The SMILES string of the molecule is COc1ccc(NC(N)=NC2CC2(C)C)cc1Cl.I. The maximum Gasteiger partial charge on any atom is 0.193 e. The van der Waals surface area contributed by atoms with Gasteiger partial charge in [-0.1, -0.05) is 25.4 Å². The van der Waals surface area contributed by atoms with Crippen LogP contribution in [0, 0.1) is 5.41 Å². The molecular weight excluding hydrogens is 377 g/mol. The normalized spacial score (nSPS) is 20.4. The van der Waals surface area contributed by atoms with Gasteiger partial charge in [-0.05, 0) is 30.0 Å². The van der Waals surface area contributed by atoms with Gasteiger partial charge in [-0.2, -0.15) is 0 Å². The molecule has 19 heavy (non-hydrogen) atoms. The molecule has 1 atom stereocenters. The third-order valence-electron chi connectivity index (χ3n) is 3.18. The summed E-state index contributed by atoms with van der Waals surface area (Å²) in [4.78, 5) is 4.42. The Morgan fingerprint density at radius 2 is 2.16 bits per heavy atom. The van der Waals surface area contributed by atoms with Crippen molar-refractivity contribution < 1.29 is 4.74 Å². The maximum atomic E-state index is 6.03. The summed E-state index contributed by atoms with van der Waals surface area (Å²) in [5, 5.41) is 3.57. The zero-order chi connectivity index (χ0) is 13.3. The van der Waals surface area contributed by atoms with Crippen molar-refractivity contribution in [2.45, 2.75) is 26.3 Å². The summed E-state index contributed by atoms with van der Waals surface area (Å²) in [5.74, 6) is 1.06. The van der Waals surface area contributed by atoms with Crippen molar-refractivity contribution in [3.05, 3.63) is 23.2 Å². The van der Waals surface area contributed by atoms with Crippen molar-refractivity contribution in [1.82, 2.24) is 0 Å². The molecule has 1 fully saturated rings. The summed E-state index contributed by atoms with van der Waals surface area (Å²) in [6, 6.07) is 5.73. The lowest BCUT2D eigenvalue weighted by atomic mass is 10.2. The first kappa shape index (κ1) is 16.4. The Morgan fingerprint density at radius 3 is 2.63 bits per heavy atom. The Kier molecular flexibility index (Phi) is 5.32. The first-order chi connectivity index (χ1) is 8.42. The number of nitrogens with two attached hydrogens (primary N) is 1. The van der Waals surface area contributed by atoms with Crippen molar-refractivity contribution >= 4 is 47.2 Å². The average Bonchev–Trinajstić information content (AvgIpc) is 2.85. The summed E-state index contributed by atoms with van der Waals surface area (Å²) in [6.07, 6.45) is 1.08. The average molecular weight is 396 g/mol. The molecule has 2 rings (SSSR count). The van der Waals surface area contributed by atoms with E-state index in [-0.39, 0.29) is 29.4 Å². The molecule has 1 saturated carbocycles. The summed E-state index contributed by atoms with van der Waals surface area (Å²) in [7, 11) is 1.58. The smallest absolute Gasteiger partial charge is 0.193 e. The van der Waals surface area contributed by atoms with Gasteiger partial charge in [0.25, 0.3) is 0 Å². The van der Waals surface area contributed by atoms with Crippen LogP contribution in [-0.4, -0.2) is 19.1 Å². The third kappa shape index (κ3) is 4.14. The van der Waals surface area contributed by atoms with Gasteiger partial charge in [0.1, 0.15) is 5.75 Å². The van der Waals surface area contributed by atoms with Gasteiger partial charge >= 0.3 is 0 Å². The highest BCUT2D eigenvalue weighted by atomic mass is 127. The summed E-state index contributed by atoms with van der Waals surface area (Å²) >= 11 is 6.03. The van der Waals surface area contributed by atoms with Crippen LogP contribution in [0.2, 0.25) is 5.02 Å². The van der Waals surface area contributed by atoms with E-state index in [1.54, 1.807) is 19.2 Å². The minimum Gasteiger partial charge on any atom is -0.495 e. The van der Waals surface area contributed by atoms with E-state index in [4.69, 9.17) is 22.1 Å². The summed E-state index contributed by atoms with van der Waals surface area (Å²) < 4.78 is 5.09. The van der Waals surface area contributed by atoms with Crippen molar-refractivity contribution in [2.24, 2.45) is 16.1 Å². The van der Waals surface area contributed by atoms with Gasteiger partial charge in [0, 0.05) is 5.69 Å².